The summed E-state index contributed by atoms with van der Waals surface area (Å²) in [6.45, 7) is 10.8. The number of nitro benzene ring substituents is 1. The van der Waals surface area contributed by atoms with E-state index in [2.05, 4.69) is 31.0 Å². The van der Waals surface area contributed by atoms with E-state index in [1.807, 2.05) is 12.1 Å². The largest absolute Gasteiger partial charge is 0.316 e. The number of non-ortho nitro benzene ring substituents is 1. The van der Waals surface area contributed by atoms with Gasteiger partial charge in [0.15, 0.2) is 0 Å². The Morgan fingerprint density at radius 3 is 2.52 bits per heavy atom. The molecule has 5 nitrogen and oxygen atoms in total. The number of rotatable bonds is 6. The van der Waals surface area contributed by atoms with Gasteiger partial charge in [-0.05, 0) is 37.8 Å². The predicted molar refractivity (Wildman–Crippen MR) is 84.2 cm³/mol. The van der Waals surface area contributed by atoms with E-state index in [9.17, 15) is 10.1 Å². The van der Waals surface area contributed by atoms with Gasteiger partial charge in [0.05, 0.1) is 4.92 Å². The fraction of sp³-hybridized carbons (Fsp3) is 0.625. The average molecular weight is 291 g/mol. The summed E-state index contributed by atoms with van der Waals surface area (Å²) in [7, 11) is 0. The van der Waals surface area contributed by atoms with Gasteiger partial charge in [0.2, 0.25) is 0 Å². The summed E-state index contributed by atoms with van der Waals surface area (Å²) in [4.78, 5) is 12.8. The molecule has 0 radical (unpaired) electrons. The van der Waals surface area contributed by atoms with Crippen molar-refractivity contribution in [1.29, 1.82) is 0 Å². The molecule has 0 saturated carbocycles. The molecular formula is C16H25N3O2. The Kier molecular flexibility index (Phi) is 4.96. The molecule has 21 heavy (non-hydrogen) atoms. The van der Waals surface area contributed by atoms with Crippen LogP contribution in [0.5, 0.6) is 0 Å². The summed E-state index contributed by atoms with van der Waals surface area (Å²) < 4.78 is 0. The van der Waals surface area contributed by atoms with Crippen molar-refractivity contribution in [3.63, 3.8) is 0 Å². The number of hydrogen-bond donors (Lipinski definition) is 1. The monoisotopic (exact) mass is 291 g/mol. The third-order valence-electron chi connectivity index (χ3n) is 4.31. The van der Waals surface area contributed by atoms with Crippen LogP contribution in [0.4, 0.5) is 5.69 Å². The highest BCUT2D eigenvalue weighted by Gasteiger charge is 2.31. The van der Waals surface area contributed by atoms with Crippen molar-refractivity contribution in [1.82, 2.24) is 10.2 Å². The lowest BCUT2D eigenvalue weighted by atomic mass is 9.88. The van der Waals surface area contributed by atoms with Crippen molar-refractivity contribution in [3.05, 3.63) is 39.9 Å². The maximum absolute atomic E-state index is 10.7. The van der Waals surface area contributed by atoms with E-state index in [0.717, 1.165) is 31.7 Å². The highest BCUT2D eigenvalue weighted by molar-refractivity contribution is 5.32. The van der Waals surface area contributed by atoms with E-state index in [1.54, 1.807) is 12.1 Å². The maximum Gasteiger partial charge on any atom is 0.269 e. The molecule has 1 atom stereocenters. The van der Waals surface area contributed by atoms with Crippen LogP contribution in [-0.2, 0) is 6.54 Å². The molecule has 1 fully saturated rings. The number of benzene rings is 1. The zero-order valence-electron chi connectivity index (χ0n) is 13.1. The summed E-state index contributed by atoms with van der Waals surface area (Å²) in [5.74, 6) is 0. The van der Waals surface area contributed by atoms with Gasteiger partial charge in [0.1, 0.15) is 0 Å². The fourth-order valence-corrected chi connectivity index (χ4v) is 2.87. The van der Waals surface area contributed by atoms with Crippen molar-refractivity contribution >= 4 is 5.69 Å². The van der Waals surface area contributed by atoms with E-state index >= 15 is 0 Å². The fourth-order valence-electron chi connectivity index (χ4n) is 2.87. The van der Waals surface area contributed by atoms with Crippen molar-refractivity contribution in [2.75, 3.05) is 19.6 Å². The molecule has 0 aromatic heterocycles. The number of nitrogens with zero attached hydrogens (tertiary/aromatic N) is 2. The number of nitro groups is 1. The van der Waals surface area contributed by atoms with Crippen LogP contribution in [0.1, 0.15) is 32.8 Å². The summed E-state index contributed by atoms with van der Waals surface area (Å²) >= 11 is 0. The molecule has 1 aromatic rings. The first-order valence-electron chi connectivity index (χ1n) is 7.58. The molecule has 0 spiro atoms. The van der Waals surface area contributed by atoms with Gasteiger partial charge in [-0.1, -0.05) is 19.1 Å². The van der Waals surface area contributed by atoms with Crippen LogP contribution in [0.25, 0.3) is 0 Å². The molecule has 116 valence electrons. The number of nitrogens with one attached hydrogen (secondary N) is 1. The van der Waals surface area contributed by atoms with Crippen molar-refractivity contribution in [2.45, 2.75) is 39.8 Å². The van der Waals surface area contributed by atoms with E-state index in [4.69, 9.17) is 0 Å². The Morgan fingerprint density at radius 1 is 1.38 bits per heavy atom. The van der Waals surface area contributed by atoms with Gasteiger partial charge in [-0.2, -0.15) is 0 Å². The van der Waals surface area contributed by atoms with Crippen LogP contribution in [-0.4, -0.2) is 35.5 Å². The van der Waals surface area contributed by atoms with Crippen molar-refractivity contribution in [3.8, 4) is 0 Å². The Morgan fingerprint density at radius 2 is 2.05 bits per heavy atom. The van der Waals surface area contributed by atoms with Gasteiger partial charge >= 0.3 is 0 Å². The molecule has 1 N–H and O–H groups in total. The van der Waals surface area contributed by atoms with Gasteiger partial charge in [0, 0.05) is 37.8 Å². The van der Waals surface area contributed by atoms with Crippen molar-refractivity contribution in [2.24, 2.45) is 5.41 Å². The summed E-state index contributed by atoms with van der Waals surface area (Å²) in [5.41, 5.74) is 1.61. The van der Waals surface area contributed by atoms with E-state index in [-0.39, 0.29) is 10.6 Å². The van der Waals surface area contributed by atoms with E-state index in [1.165, 1.54) is 6.42 Å². The molecule has 1 aliphatic heterocycles. The van der Waals surface area contributed by atoms with Crippen LogP contribution in [0, 0.1) is 15.5 Å². The molecule has 0 aliphatic carbocycles. The average Bonchev–Trinajstić information content (AvgIpc) is 2.85. The quantitative estimate of drug-likeness (QED) is 0.647. The third kappa shape index (κ3) is 4.25. The summed E-state index contributed by atoms with van der Waals surface area (Å²) in [6.07, 6.45) is 1.20. The Bertz CT molecular complexity index is 479. The van der Waals surface area contributed by atoms with E-state index < -0.39 is 0 Å². The molecular weight excluding hydrogens is 266 g/mol. The van der Waals surface area contributed by atoms with Gasteiger partial charge in [-0.3, -0.25) is 15.0 Å². The Balaban J connectivity index is 2.03. The van der Waals surface area contributed by atoms with Crippen LogP contribution in [0.2, 0.25) is 0 Å². The zero-order valence-corrected chi connectivity index (χ0v) is 13.1. The SMILES string of the molecule is CC(C)N(Cc1ccc([N+](=O)[O-])cc1)CC1(C)CCNC1. The van der Waals surface area contributed by atoms with Gasteiger partial charge < -0.3 is 5.32 Å². The van der Waals surface area contributed by atoms with Gasteiger partial charge in [-0.25, -0.2) is 0 Å². The lowest BCUT2D eigenvalue weighted by Gasteiger charge is -2.34. The van der Waals surface area contributed by atoms with Crippen LogP contribution in [0.3, 0.4) is 0 Å². The topological polar surface area (TPSA) is 58.4 Å². The number of hydrogen-bond acceptors (Lipinski definition) is 4. The lowest BCUT2D eigenvalue weighted by molar-refractivity contribution is -0.384. The normalized spacial score (nSPS) is 22.1. The first-order valence-corrected chi connectivity index (χ1v) is 7.58. The molecule has 1 saturated heterocycles. The predicted octanol–water partition coefficient (Wildman–Crippen LogP) is 2.80. The first kappa shape index (κ1) is 15.9. The Hall–Kier alpha value is -1.46. The minimum atomic E-state index is -0.352. The second-order valence-corrected chi connectivity index (χ2v) is 6.66. The molecule has 1 aromatic carbocycles. The van der Waals surface area contributed by atoms with Gasteiger partial charge in [-0.15, -0.1) is 0 Å². The smallest absolute Gasteiger partial charge is 0.269 e. The van der Waals surface area contributed by atoms with Crippen molar-refractivity contribution < 1.29 is 4.92 Å². The van der Waals surface area contributed by atoms with Gasteiger partial charge in [0.25, 0.3) is 5.69 Å². The van der Waals surface area contributed by atoms with Crippen LogP contribution >= 0.6 is 0 Å². The molecule has 1 aliphatic rings. The second kappa shape index (κ2) is 6.54. The zero-order chi connectivity index (χ0) is 15.5. The molecule has 0 bridgehead atoms. The molecule has 2 rings (SSSR count). The summed E-state index contributed by atoms with van der Waals surface area (Å²) in [5, 5.41) is 14.1. The molecule has 1 heterocycles. The second-order valence-electron chi connectivity index (χ2n) is 6.66. The first-order chi connectivity index (χ1) is 9.89. The maximum atomic E-state index is 10.7. The van der Waals surface area contributed by atoms with Crippen LogP contribution in [0.15, 0.2) is 24.3 Å². The minimum Gasteiger partial charge on any atom is -0.316 e. The minimum absolute atomic E-state index is 0.154. The molecule has 1 unspecified atom stereocenters. The highest BCUT2D eigenvalue weighted by atomic mass is 16.6. The lowest BCUT2D eigenvalue weighted by Crippen LogP contribution is -2.40. The Labute approximate surface area is 126 Å². The summed E-state index contributed by atoms with van der Waals surface area (Å²) in [6, 6.07) is 7.36. The molecule has 5 heteroatoms. The highest BCUT2D eigenvalue weighted by Crippen LogP contribution is 2.27. The third-order valence-corrected chi connectivity index (χ3v) is 4.31. The molecule has 0 amide bonds. The van der Waals surface area contributed by atoms with Crippen LogP contribution < -0.4 is 5.32 Å². The van der Waals surface area contributed by atoms with E-state index in [0.29, 0.717) is 11.5 Å². The standard InChI is InChI=1S/C16H25N3O2/c1-13(2)18(12-16(3)8-9-17-11-16)10-14-4-6-15(7-5-14)19(20)21/h4-7,13,17H,8-12H2,1-3H3.